The number of aromatic nitrogens is 1. The van der Waals surface area contributed by atoms with Gasteiger partial charge < -0.3 is 10.5 Å². The lowest BCUT2D eigenvalue weighted by atomic mass is 9.92. The highest BCUT2D eigenvalue weighted by Gasteiger charge is 2.26. The summed E-state index contributed by atoms with van der Waals surface area (Å²) >= 11 is 0. The summed E-state index contributed by atoms with van der Waals surface area (Å²) in [6.45, 7) is 2.55. The zero-order valence-electron chi connectivity index (χ0n) is 13.5. The van der Waals surface area contributed by atoms with Gasteiger partial charge in [-0.25, -0.2) is 0 Å². The van der Waals surface area contributed by atoms with E-state index in [0.29, 0.717) is 23.5 Å². The van der Waals surface area contributed by atoms with E-state index < -0.39 is 0 Å². The Morgan fingerprint density at radius 3 is 2.92 bits per heavy atom. The van der Waals surface area contributed by atoms with Crippen LogP contribution < -0.4 is 10.5 Å². The molecule has 0 unspecified atom stereocenters. The zero-order chi connectivity index (χ0) is 16.7. The van der Waals surface area contributed by atoms with Crippen LogP contribution in [0.2, 0.25) is 0 Å². The van der Waals surface area contributed by atoms with E-state index in [2.05, 4.69) is 4.98 Å². The van der Waals surface area contributed by atoms with Crippen LogP contribution in [0.4, 0.5) is 0 Å². The van der Waals surface area contributed by atoms with Crippen LogP contribution in [-0.2, 0) is 6.42 Å². The van der Waals surface area contributed by atoms with Crippen molar-refractivity contribution in [1.82, 2.24) is 4.98 Å². The highest BCUT2D eigenvalue weighted by Crippen LogP contribution is 2.36. The van der Waals surface area contributed by atoms with Gasteiger partial charge in [0.15, 0.2) is 5.78 Å². The van der Waals surface area contributed by atoms with Crippen molar-refractivity contribution < 1.29 is 9.53 Å². The van der Waals surface area contributed by atoms with Crippen molar-refractivity contribution in [2.75, 3.05) is 6.61 Å². The smallest absolute Gasteiger partial charge is 0.197 e. The number of hydrogen-bond donors (Lipinski definition) is 1. The molecule has 0 saturated carbocycles. The summed E-state index contributed by atoms with van der Waals surface area (Å²) in [4.78, 5) is 17.3. The molecule has 2 N–H and O–H groups in total. The van der Waals surface area contributed by atoms with Crippen LogP contribution in [0.3, 0.4) is 0 Å². The summed E-state index contributed by atoms with van der Waals surface area (Å²) in [5.41, 5.74) is 9.45. The lowest BCUT2D eigenvalue weighted by molar-refractivity contribution is 0.103. The summed E-state index contributed by atoms with van der Waals surface area (Å²) in [7, 11) is 0. The van der Waals surface area contributed by atoms with Gasteiger partial charge in [-0.3, -0.25) is 9.78 Å². The Morgan fingerprint density at radius 2 is 2.08 bits per heavy atom. The third-order valence-electron chi connectivity index (χ3n) is 4.56. The Hall–Kier alpha value is -2.72. The molecule has 1 aliphatic heterocycles. The third kappa shape index (κ3) is 2.27. The van der Waals surface area contributed by atoms with Gasteiger partial charge in [0.25, 0.3) is 0 Å². The van der Waals surface area contributed by atoms with Gasteiger partial charge >= 0.3 is 0 Å². The number of fused-ring (bicyclic) bond motifs is 2. The third-order valence-corrected chi connectivity index (χ3v) is 4.56. The molecule has 3 aromatic rings. The number of carbonyl (C=O) groups excluding carboxylic acids is 1. The molecule has 1 aromatic heterocycles. The first-order valence-electron chi connectivity index (χ1n) is 8.08. The van der Waals surface area contributed by atoms with Crippen molar-refractivity contribution in [2.24, 2.45) is 5.73 Å². The molecule has 120 valence electrons. The van der Waals surface area contributed by atoms with Crippen LogP contribution in [0, 0.1) is 0 Å². The minimum Gasteiger partial charge on any atom is -0.492 e. The molecule has 0 fully saturated rings. The number of benzene rings is 2. The molecule has 0 aliphatic carbocycles. The highest BCUT2D eigenvalue weighted by atomic mass is 16.5. The number of ketones is 1. The summed E-state index contributed by atoms with van der Waals surface area (Å²) in [6, 6.07) is 11.3. The van der Waals surface area contributed by atoms with Gasteiger partial charge in [-0.2, -0.15) is 0 Å². The number of hydrogen-bond acceptors (Lipinski definition) is 4. The molecule has 0 bridgehead atoms. The minimum absolute atomic E-state index is 0.0267. The SMILES string of the molecule is C[C@@H](N)c1ccc(C(=O)c2cccc3cnccc23)c2c1CCO2. The van der Waals surface area contributed by atoms with E-state index in [1.807, 2.05) is 43.3 Å². The van der Waals surface area contributed by atoms with E-state index in [9.17, 15) is 4.79 Å². The standard InChI is InChI=1S/C20H18N2O2/c1-12(21)14-5-6-18(20-17(14)8-10-24-20)19(23)16-4-2-3-13-11-22-9-7-15(13)16/h2-7,9,11-12H,8,10,21H2,1H3/t12-/m1/s1. The molecule has 4 heteroatoms. The Kier molecular flexibility index (Phi) is 3.54. The normalized spacial score (nSPS) is 14.2. The molecular weight excluding hydrogens is 300 g/mol. The highest BCUT2D eigenvalue weighted by molar-refractivity contribution is 6.17. The maximum atomic E-state index is 13.2. The quantitative estimate of drug-likeness (QED) is 0.752. The Bertz CT molecular complexity index is 942. The van der Waals surface area contributed by atoms with Gasteiger partial charge in [0, 0.05) is 41.4 Å². The molecule has 2 heterocycles. The summed E-state index contributed by atoms with van der Waals surface area (Å²) in [6.07, 6.45) is 4.28. The minimum atomic E-state index is -0.0757. The Labute approximate surface area is 140 Å². The van der Waals surface area contributed by atoms with E-state index >= 15 is 0 Å². The zero-order valence-corrected chi connectivity index (χ0v) is 13.5. The number of nitrogens with two attached hydrogens (primary N) is 1. The summed E-state index contributed by atoms with van der Waals surface area (Å²) in [5.74, 6) is 0.669. The van der Waals surface area contributed by atoms with Crippen molar-refractivity contribution in [3.8, 4) is 5.75 Å². The average Bonchev–Trinajstić information content (AvgIpc) is 3.09. The molecule has 0 amide bonds. The maximum Gasteiger partial charge on any atom is 0.197 e. The topological polar surface area (TPSA) is 65.2 Å². The molecule has 0 radical (unpaired) electrons. The van der Waals surface area contributed by atoms with Crippen LogP contribution in [0.15, 0.2) is 48.8 Å². The van der Waals surface area contributed by atoms with E-state index in [-0.39, 0.29) is 11.8 Å². The fraction of sp³-hybridized carbons (Fsp3) is 0.200. The van der Waals surface area contributed by atoms with Gasteiger partial charge in [-0.15, -0.1) is 0 Å². The van der Waals surface area contributed by atoms with Crippen molar-refractivity contribution in [1.29, 1.82) is 0 Å². The second kappa shape index (κ2) is 5.73. The van der Waals surface area contributed by atoms with Crippen LogP contribution >= 0.6 is 0 Å². The predicted octanol–water partition coefficient (Wildman–Crippen LogP) is 3.42. The number of carbonyl (C=O) groups is 1. The molecule has 4 rings (SSSR count). The first kappa shape index (κ1) is 14.8. The molecule has 2 aromatic carbocycles. The fourth-order valence-corrected chi connectivity index (χ4v) is 3.39. The number of rotatable bonds is 3. The van der Waals surface area contributed by atoms with Crippen molar-refractivity contribution in [3.05, 3.63) is 71.0 Å². The first-order chi connectivity index (χ1) is 11.7. The molecule has 1 atom stereocenters. The van der Waals surface area contributed by atoms with Crippen molar-refractivity contribution in [3.63, 3.8) is 0 Å². The summed E-state index contributed by atoms with van der Waals surface area (Å²) < 4.78 is 5.79. The number of nitrogens with zero attached hydrogens (tertiary/aromatic N) is 1. The number of ether oxygens (including phenoxy) is 1. The van der Waals surface area contributed by atoms with E-state index in [4.69, 9.17) is 10.5 Å². The molecular formula is C20H18N2O2. The Morgan fingerprint density at radius 1 is 1.21 bits per heavy atom. The molecule has 4 nitrogen and oxygen atoms in total. The van der Waals surface area contributed by atoms with Crippen LogP contribution in [0.5, 0.6) is 5.75 Å². The second-order valence-corrected chi connectivity index (χ2v) is 6.13. The lowest BCUT2D eigenvalue weighted by Gasteiger charge is -2.14. The van der Waals surface area contributed by atoms with Gasteiger partial charge in [-0.05, 0) is 30.0 Å². The van der Waals surface area contributed by atoms with Crippen LogP contribution in [0.1, 0.15) is 40.0 Å². The van der Waals surface area contributed by atoms with Gasteiger partial charge in [0.1, 0.15) is 5.75 Å². The van der Waals surface area contributed by atoms with Gasteiger partial charge in [0.2, 0.25) is 0 Å². The van der Waals surface area contributed by atoms with E-state index in [0.717, 1.165) is 28.3 Å². The van der Waals surface area contributed by atoms with Crippen LogP contribution in [-0.4, -0.2) is 17.4 Å². The van der Waals surface area contributed by atoms with Gasteiger partial charge in [0.05, 0.1) is 12.2 Å². The van der Waals surface area contributed by atoms with Crippen LogP contribution in [0.25, 0.3) is 10.8 Å². The largest absolute Gasteiger partial charge is 0.492 e. The molecule has 24 heavy (non-hydrogen) atoms. The average molecular weight is 318 g/mol. The fourth-order valence-electron chi connectivity index (χ4n) is 3.39. The Balaban J connectivity index is 1.88. The molecule has 1 aliphatic rings. The summed E-state index contributed by atoms with van der Waals surface area (Å²) in [5, 5.41) is 1.86. The van der Waals surface area contributed by atoms with E-state index in [1.165, 1.54) is 0 Å². The van der Waals surface area contributed by atoms with Crippen molar-refractivity contribution in [2.45, 2.75) is 19.4 Å². The molecule has 0 spiro atoms. The maximum absolute atomic E-state index is 13.2. The predicted molar refractivity (Wildman–Crippen MR) is 93.4 cm³/mol. The second-order valence-electron chi connectivity index (χ2n) is 6.13. The monoisotopic (exact) mass is 318 g/mol. The first-order valence-corrected chi connectivity index (χ1v) is 8.08. The van der Waals surface area contributed by atoms with E-state index in [1.54, 1.807) is 12.4 Å². The lowest BCUT2D eigenvalue weighted by Crippen LogP contribution is -2.10. The van der Waals surface area contributed by atoms with Crippen molar-refractivity contribution >= 4 is 16.6 Å². The number of pyridine rings is 1. The molecule has 0 saturated heterocycles. The van der Waals surface area contributed by atoms with Gasteiger partial charge in [-0.1, -0.05) is 24.3 Å².